The van der Waals surface area contributed by atoms with Gasteiger partial charge in [0.05, 0.1) is 15.7 Å². The monoisotopic (exact) mass is 146 g/mol. The molecule has 0 bridgehead atoms. The van der Waals surface area contributed by atoms with Crippen molar-refractivity contribution in [3.05, 3.63) is 0 Å². The van der Waals surface area contributed by atoms with E-state index in [0.717, 1.165) is 5.92 Å². The normalized spacial score (nSPS) is 32.5. The molecule has 0 heterocycles. The standard InChI is InChI=1S/C9H16B2/c1-2-7-4-3-5-8(6-7)9(10)11/h7-9H,2-6H2,1H3. The Morgan fingerprint density at radius 2 is 2.09 bits per heavy atom. The SMILES string of the molecule is [B]C([B])C1CCCC(CC)C1. The summed E-state index contributed by atoms with van der Waals surface area (Å²) < 4.78 is 0. The molecular weight excluding hydrogens is 130 g/mol. The lowest BCUT2D eigenvalue weighted by Crippen LogP contribution is -2.19. The predicted octanol–water partition coefficient (Wildman–Crippen LogP) is 2.29. The molecule has 0 nitrogen and oxygen atoms in total. The quantitative estimate of drug-likeness (QED) is 0.524. The number of hydrogen-bond acceptors (Lipinski definition) is 0. The maximum absolute atomic E-state index is 5.66. The molecule has 2 heteroatoms. The highest BCUT2D eigenvalue weighted by Crippen LogP contribution is 2.35. The van der Waals surface area contributed by atoms with E-state index >= 15 is 0 Å². The first-order valence-electron chi connectivity index (χ1n) is 4.75. The highest BCUT2D eigenvalue weighted by molar-refractivity contribution is 6.35. The topological polar surface area (TPSA) is 0 Å². The molecule has 0 saturated heterocycles. The van der Waals surface area contributed by atoms with Crippen molar-refractivity contribution in [2.24, 2.45) is 11.8 Å². The fraction of sp³-hybridized carbons (Fsp3) is 1.00. The van der Waals surface area contributed by atoms with E-state index in [-0.39, 0.29) is 5.72 Å². The minimum Gasteiger partial charge on any atom is -0.107 e. The van der Waals surface area contributed by atoms with Crippen LogP contribution in [0.4, 0.5) is 0 Å². The van der Waals surface area contributed by atoms with Crippen LogP contribution in [-0.4, -0.2) is 15.7 Å². The third-order valence-corrected chi connectivity index (χ3v) is 2.95. The maximum atomic E-state index is 5.66. The first kappa shape index (κ1) is 9.22. The molecule has 0 N–H and O–H groups in total. The van der Waals surface area contributed by atoms with Crippen LogP contribution in [0.2, 0.25) is 5.72 Å². The van der Waals surface area contributed by atoms with Gasteiger partial charge in [-0.2, -0.15) is 0 Å². The molecule has 4 radical (unpaired) electrons. The van der Waals surface area contributed by atoms with Crippen molar-refractivity contribution in [1.82, 2.24) is 0 Å². The summed E-state index contributed by atoms with van der Waals surface area (Å²) in [6.07, 6.45) is 6.51. The van der Waals surface area contributed by atoms with Gasteiger partial charge in [-0.3, -0.25) is 0 Å². The van der Waals surface area contributed by atoms with Crippen molar-refractivity contribution in [2.45, 2.75) is 44.7 Å². The van der Waals surface area contributed by atoms with Crippen LogP contribution in [-0.2, 0) is 0 Å². The van der Waals surface area contributed by atoms with Crippen molar-refractivity contribution in [2.75, 3.05) is 0 Å². The molecule has 1 saturated carbocycles. The lowest BCUT2D eigenvalue weighted by Gasteiger charge is -2.31. The number of hydrogen-bond donors (Lipinski definition) is 0. The van der Waals surface area contributed by atoms with Crippen molar-refractivity contribution in [1.29, 1.82) is 0 Å². The van der Waals surface area contributed by atoms with Gasteiger partial charge in [0, 0.05) is 0 Å². The van der Waals surface area contributed by atoms with E-state index in [2.05, 4.69) is 6.92 Å². The molecule has 11 heavy (non-hydrogen) atoms. The molecule has 0 aromatic heterocycles. The Labute approximate surface area is 73.0 Å². The van der Waals surface area contributed by atoms with E-state index in [1.54, 1.807) is 0 Å². The second kappa shape index (κ2) is 4.23. The number of rotatable bonds is 2. The summed E-state index contributed by atoms with van der Waals surface area (Å²) in [5, 5.41) is 0. The van der Waals surface area contributed by atoms with E-state index in [9.17, 15) is 0 Å². The molecule has 2 unspecified atom stereocenters. The van der Waals surface area contributed by atoms with E-state index in [1.165, 1.54) is 32.1 Å². The van der Waals surface area contributed by atoms with Crippen LogP contribution in [0, 0.1) is 11.8 Å². The largest absolute Gasteiger partial charge is 0.107 e. The first-order valence-corrected chi connectivity index (χ1v) is 4.75. The minimum atomic E-state index is -0.0793. The van der Waals surface area contributed by atoms with Crippen LogP contribution in [0.15, 0.2) is 0 Å². The van der Waals surface area contributed by atoms with E-state index in [0.29, 0.717) is 5.92 Å². The van der Waals surface area contributed by atoms with Crippen molar-refractivity contribution >= 4 is 15.7 Å². The van der Waals surface area contributed by atoms with Crippen LogP contribution in [0.5, 0.6) is 0 Å². The Balaban J connectivity index is 2.33. The Morgan fingerprint density at radius 1 is 1.36 bits per heavy atom. The van der Waals surface area contributed by atoms with Crippen molar-refractivity contribution in [3.63, 3.8) is 0 Å². The Kier molecular flexibility index (Phi) is 3.54. The van der Waals surface area contributed by atoms with Crippen LogP contribution >= 0.6 is 0 Å². The highest BCUT2D eigenvalue weighted by Gasteiger charge is 2.21. The van der Waals surface area contributed by atoms with Gasteiger partial charge in [-0.1, -0.05) is 38.5 Å². The van der Waals surface area contributed by atoms with Gasteiger partial charge >= 0.3 is 0 Å². The Bertz CT molecular complexity index is 112. The molecule has 0 aromatic carbocycles. The van der Waals surface area contributed by atoms with Gasteiger partial charge in [-0.05, 0) is 12.3 Å². The fourth-order valence-electron chi connectivity index (χ4n) is 2.05. The summed E-state index contributed by atoms with van der Waals surface area (Å²) in [5.41, 5.74) is -0.0793. The average Bonchev–Trinajstić information content (AvgIpc) is 2.05. The van der Waals surface area contributed by atoms with Gasteiger partial charge in [-0.15, -0.1) is 5.72 Å². The van der Waals surface area contributed by atoms with Crippen LogP contribution in [0.25, 0.3) is 0 Å². The van der Waals surface area contributed by atoms with E-state index < -0.39 is 0 Å². The maximum Gasteiger partial charge on any atom is 0.0579 e. The molecule has 0 aromatic rings. The lowest BCUT2D eigenvalue weighted by molar-refractivity contribution is 0.269. The zero-order valence-electron chi connectivity index (χ0n) is 7.42. The Morgan fingerprint density at radius 3 is 2.64 bits per heavy atom. The summed E-state index contributed by atoms with van der Waals surface area (Å²) >= 11 is 0. The Hall–Kier alpha value is 0.130. The zero-order chi connectivity index (χ0) is 8.27. The van der Waals surface area contributed by atoms with Crippen molar-refractivity contribution < 1.29 is 0 Å². The first-order chi connectivity index (χ1) is 5.24. The minimum absolute atomic E-state index is 0.0793. The van der Waals surface area contributed by atoms with E-state index in [4.69, 9.17) is 15.7 Å². The lowest BCUT2D eigenvalue weighted by atomic mass is 9.58. The smallest absolute Gasteiger partial charge is 0.0579 e. The second-order valence-electron chi connectivity index (χ2n) is 3.78. The summed E-state index contributed by atoms with van der Waals surface area (Å²) in [6.45, 7) is 2.26. The third-order valence-electron chi connectivity index (χ3n) is 2.95. The molecule has 1 aliphatic carbocycles. The molecule has 0 aliphatic heterocycles. The molecule has 1 rings (SSSR count). The van der Waals surface area contributed by atoms with Gasteiger partial charge in [0.1, 0.15) is 0 Å². The van der Waals surface area contributed by atoms with Gasteiger partial charge < -0.3 is 0 Å². The predicted molar refractivity (Wildman–Crippen MR) is 51.0 cm³/mol. The zero-order valence-corrected chi connectivity index (χ0v) is 7.42. The molecule has 0 amide bonds. The summed E-state index contributed by atoms with van der Waals surface area (Å²) in [6, 6.07) is 0. The van der Waals surface area contributed by atoms with Gasteiger partial charge in [0.25, 0.3) is 0 Å². The fourth-order valence-corrected chi connectivity index (χ4v) is 2.05. The van der Waals surface area contributed by atoms with Gasteiger partial charge in [0.2, 0.25) is 0 Å². The van der Waals surface area contributed by atoms with Gasteiger partial charge in [-0.25, -0.2) is 0 Å². The van der Waals surface area contributed by atoms with Crippen LogP contribution in [0.3, 0.4) is 0 Å². The second-order valence-corrected chi connectivity index (χ2v) is 3.78. The molecule has 58 valence electrons. The van der Waals surface area contributed by atoms with Crippen molar-refractivity contribution in [3.8, 4) is 0 Å². The molecule has 0 spiro atoms. The molecule has 1 aliphatic rings. The van der Waals surface area contributed by atoms with Crippen LogP contribution in [0.1, 0.15) is 39.0 Å². The summed E-state index contributed by atoms with van der Waals surface area (Å²) in [7, 11) is 11.3. The molecule has 1 fully saturated rings. The van der Waals surface area contributed by atoms with Gasteiger partial charge in [0.15, 0.2) is 0 Å². The highest BCUT2D eigenvalue weighted by atomic mass is 14.2. The van der Waals surface area contributed by atoms with E-state index in [1.807, 2.05) is 0 Å². The third kappa shape index (κ3) is 2.57. The summed E-state index contributed by atoms with van der Waals surface area (Å²) in [4.78, 5) is 0. The summed E-state index contributed by atoms with van der Waals surface area (Å²) in [5.74, 6) is 1.48. The molecule has 2 atom stereocenters. The van der Waals surface area contributed by atoms with Crippen LogP contribution < -0.4 is 0 Å². The molecular formula is C9H16B2. The average molecular weight is 146 g/mol.